The molecule has 0 saturated carbocycles. The van der Waals surface area contributed by atoms with Crippen molar-refractivity contribution < 1.29 is 15.0 Å². The zero-order valence-corrected chi connectivity index (χ0v) is 6.19. The summed E-state index contributed by atoms with van der Waals surface area (Å²) in [5, 5.41) is 13.9. The third kappa shape index (κ3) is 546. The number of rotatable bonds is 0. The van der Waals surface area contributed by atoms with Crippen LogP contribution in [-0.4, -0.2) is 43.7 Å². The van der Waals surface area contributed by atoms with Gasteiger partial charge in [-0.15, -0.1) is 0 Å². The first-order valence-electron chi connectivity index (χ1n) is 0.651. The maximum atomic E-state index is 8.56. The van der Waals surface area contributed by atoms with E-state index in [1.165, 1.54) is 0 Å². The molecule has 0 aromatic heterocycles. The van der Waals surface area contributed by atoms with Gasteiger partial charge >= 0.3 is 6.16 Å². The first kappa shape index (κ1) is 8.95. The molecule has 0 aliphatic heterocycles. The van der Waals surface area contributed by atoms with Crippen LogP contribution in [-0.2, 0) is 0 Å². The molecule has 3 nitrogen and oxygen atoms in total. The van der Waals surface area contributed by atoms with Gasteiger partial charge in [-0.1, -0.05) is 0 Å². The monoisotopic (exact) mass is 270 g/mol. The van der Waals surface area contributed by atoms with Crippen molar-refractivity contribution in [1.82, 2.24) is 0 Å². The number of carbonyl (C=O) groups is 1. The van der Waals surface area contributed by atoms with Gasteiger partial charge in [0.05, 0.1) is 0 Å². The van der Waals surface area contributed by atoms with Crippen molar-refractivity contribution in [3.8, 4) is 0 Å². The standard InChI is InChI=1S/CH2O3.Pb/c2-1(3)4;/h(H2,2,3,4);. The van der Waals surface area contributed by atoms with Gasteiger partial charge in [-0.3, -0.25) is 0 Å². The Labute approximate surface area is 48.8 Å². The molecule has 0 aliphatic rings. The Morgan fingerprint density at radius 2 is 1.40 bits per heavy atom. The van der Waals surface area contributed by atoms with Gasteiger partial charge in [0.15, 0.2) is 0 Å². The van der Waals surface area contributed by atoms with Crippen LogP contribution in [0.3, 0.4) is 0 Å². The van der Waals surface area contributed by atoms with Gasteiger partial charge in [-0.25, -0.2) is 4.79 Å². The minimum absolute atomic E-state index is 0. The van der Waals surface area contributed by atoms with Crippen LogP contribution in [0.4, 0.5) is 4.79 Å². The van der Waals surface area contributed by atoms with Crippen LogP contribution in [0.25, 0.3) is 0 Å². The van der Waals surface area contributed by atoms with Crippen molar-refractivity contribution in [3.05, 3.63) is 0 Å². The van der Waals surface area contributed by atoms with Crippen LogP contribution in [0.15, 0.2) is 0 Å². The van der Waals surface area contributed by atoms with Crippen molar-refractivity contribution in [2.24, 2.45) is 0 Å². The first-order chi connectivity index (χ1) is 1.73. The fourth-order valence-electron chi connectivity index (χ4n) is 0. The molecule has 0 aromatic carbocycles. The first-order valence-corrected chi connectivity index (χ1v) is 0.651. The number of carboxylic acid groups (broad SMARTS) is 2. The Hall–Kier alpha value is 0.192. The van der Waals surface area contributed by atoms with Crippen LogP contribution in [0.1, 0.15) is 0 Å². The van der Waals surface area contributed by atoms with Gasteiger partial charge in [-0.05, 0) is 0 Å². The Morgan fingerprint density at radius 3 is 1.40 bits per heavy atom. The van der Waals surface area contributed by atoms with E-state index in [0.717, 1.165) is 0 Å². The molecular weight excluding hydrogens is 267 g/mol. The Morgan fingerprint density at radius 1 is 1.40 bits per heavy atom. The summed E-state index contributed by atoms with van der Waals surface area (Å²) in [7, 11) is 0. The van der Waals surface area contributed by atoms with Crippen molar-refractivity contribution >= 4 is 33.5 Å². The molecule has 0 spiro atoms. The molecule has 5 heavy (non-hydrogen) atoms. The second kappa shape index (κ2) is 4.19. The second-order valence-corrected chi connectivity index (χ2v) is 0.283. The molecule has 4 heteroatoms. The molecule has 0 atom stereocenters. The van der Waals surface area contributed by atoms with E-state index < -0.39 is 6.16 Å². The zero-order chi connectivity index (χ0) is 3.58. The third-order valence-corrected chi connectivity index (χ3v) is 0. The predicted octanol–water partition coefficient (Wildman–Crippen LogP) is -0.158. The quantitative estimate of drug-likeness (QED) is 0.601. The zero-order valence-electron chi connectivity index (χ0n) is 2.30. The summed E-state index contributed by atoms with van der Waals surface area (Å²) in [5.41, 5.74) is 0. The molecule has 0 aliphatic carbocycles. The average molecular weight is 269 g/mol. The van der Waals surface area contributed by atoms with Crippen LogP contribution in [0.5, 0.6) is 0 Å². The second-order valence-electron chi connectivity index (χ2n) is 0.283. The Kier molecular flexibility index (Phi) is 7.51. The smallest absolute Gasteiger partial charge is 0.450 e. The summed E-state index contributed by atoms with van der Waals surface area (Å²) in [4.78, 5) is 8.56. The van der Waals surface area contributed by atoms with Crippen LogP contribution in [0.2, 0.25) is 0 Å². The Balaban J connectivity index is 0. The van der Waals surface area contributed by atoms with Crippen LogP contribution in [0, 0.1) is 0 Å². The summed E-state index contributed by atoms with van der Waals surface area (Å²) in [6, 6.07) is 0. The summed E-state index contributed by atoms with van der Waals surface area (Å²) in [5.74, 6) is 0. The molecule has 2 N–H and O–H groups in total. The van der Waals surface area contributed by atoms with Crippen LogP contribution >= 0.6 is 0 Å². The molecule has 0 saturated heterocycles. The van der Waals surface area contributed by atoms with E-state index in [1.54, 1.807) is 0 Å². The Bertz CT molecular complexity index is 29.9. The summed E-state index contributed by atoms with van der Waals surface area (Å²) in [6.45, 7) is 0. The predicted molar refractivity (Wildman–Crippen MR) is 16.4 cm³/mol. The molecule has 0 aromatic rings. The van der Waals surface area contributed by atoms with Crippen molar-refractivity contribution in [1.29, 1.82) is 0 Å². The SMILES string of the molecule is O=C(O)O.[Pb]. The van der Waals surface area contributed by atoms with E-state index in [2.05, 4.69) is 0 Å². The van der Waals surface area contributed by atoms with E-state index in [4.69, 9.17) is 15.0 Å². The maximum Gasteiger partial charge on any atom is 0.503 e. The van der Waals surface area contributed by atoms with Crippen molar-refractivity contribution in [2.75, 3.05) is 0 Å². The van der Waals surface area contributed by atoms with Crippen molar-refractivity contribution in [3.63, 3.8) is 0 Å². The van der Waals surface area contributed by atoms with Gasteiger partial charge in [0.25, 0.3) is 0 Å². The molecule has 0 fully saturated rings. The van der Waals surface area contributed by atoms with E-state index in [9.17, 15) is 0 Å². The molecule has 4 radical (unpaired) electrons. The van der Waals surface area contributed by atoms with E-state index in [0.29, 0.717) is 0 Å². The number of hydrogen-bond donors (Lipinski definition) is 2. The molecule has 0 unspecified atom stereocenters. The minimum Gasteiger partial charge on any atom is -0.450 e. The topological polar surface area (TPSA) is 57.5 Å². The van der Waals surface area contributed by atoms with E-state index in [-0.39, 0.29) is 27.3 Å². The van der Waals surface area contributed by atoms with Gasteiger partial charge in [0, 0.05) is 27.3 Å². The molecule has 0 bridgehead atoms. The number of hydrogen-bond acceptors (Lipinski definition) is 1. The summed E-state index contributed by atoms with van der Waals surface area (Å²) in [6.07, 6.45) is -1.83. The molecule has 28 valence electrons. The molecule has 0 amide bonds. The maximum absolute atomic E-state index is 8.56. The van der Waals surface area contributed by atoms with Gasteiger partial charge in [-0.2, -0.15) is 0 Å². The van der Waals surface area contributed by atoms with Gasteiger partial charge in [0.2, 0.25) is 0 Å². The third-order valence-electron chi connectivity index (χ3n) is 0. The average Bonchev–Trinajstić information content (AvgIpc) is 0.811. The largest absolute Gasteiger partial charge is 0.503 e. The van der Waals surface area contributed by atoms with Gasteiger partial charge < -0.3 is 10.2 Å². The summed E-state index contributed by atoms with van der Waals surface area (Å²) >= 11 is 0. The normalized spacial score (nSPS) is 4.80. The van der Waals surface area contributed by atoms with E-state index in [1.807, 2.05) is 0 Å². The van der Waals surface area contributed by atoms with Gasteiger partial charge in [0.1, 0.15) is 0 Å². The molecular formula is CH2O3Pb. The molecule has 0 heterocycles. The molecule has 0 rings (SSSR count). The fourth-order valence-corrected chi connectivity index (χ4v) is 0. The summed E-state index contributed by atoms with van der Waals surface area (Å²) < 4.78 is 0. The van der Waals surface area contributed by atoms with Crippen molar-refractivity contribution in [2.45, 2.75) is 0 Å². The fraction of sp³-hybridized carbons (Fsp3) is 0. The van der Waals surface area contributed by atoms with Crippen LogP contribution < -0.4 is 0 Å². The van der Waals surface area contributed by atoms with E-state index >= 15 is 0 Å². The minimum atomic E-state index is -1.83.